The minimum Gasteiger partial charge on any atom is -0.330 e. The van der Waals surface area contributed by atoms with Crippen molar-refractivity contribution in [2.24, 2.45) is 17.6 Å². The van der Waals surface area contributed by atoms with E-state index >= 15 is 0 Å². The Hall–Kier alpha value is -0.0800. The molecule has 0 atom stereocenters. The van der Waals surface area contributed by atoms with Gasteiger partial charge in [-0.15, -0.1) is 0 Å². The molecular formula is C15H34N2. The van der Waals surface area contributed by atoms with Gasteiger partial charge in [-0.05, 0) is 63.7 Å². The van der Waals surface area contributed by atoms with Crippen LogP contribution in [0, 0.1) is 11.8 Å². The molecule has 0 aliphatic heterocycles. The fourth-order valence-electron chi connectivity index (χ4n) is 1.87. The number of hydrogen-bond acceptors (Lipinski definition) is 2. The van der Waals surface area contributed by atoms with Crippen molar-refractivity contribution in [3.05, 3.63) is 0 Å². The van der Waals surface area contributed by atoms with Crippen LogP contribution in [0.25, 0.3) is 0 Å². The van der Waals surface area contributed by atoms with Gasteiger partial charge in [0.25, 0.3) is 0 Å². The van der Waals surface area contributed by atoms with Crippen molar-refractivity contribution in [3.63, 3.8) is 0 Å². The van der Waals surface area contributed by atoms with Gasteiger partial charge < -0.3 is 10.6 Å². The first-order chi connectivity index (χ1) is 8.06. The summed E-state index contributed by atoms with van der Waals surface area (Å²) in [4.78, 5) is 2.65. The second-order valence-electron chi connectivity index (χ2n) is 6.06. The van der Waals surface area contributed by atoms with E-state index in [9.17, 15) is 0 Å². The Morgan fingerprint density at radius 2 is 1.29 bits per heavy atom. The molecule has 0 unspecified atom stereocenters. The smallest absolute Gasteiger partial charge is 0.00163 e. The van der Waals surface area contributed by atoms with Gasteiger partial charge in [-0.25, -0.2) is 0 Å². The molecule has 0 rings (SSSR count). The van der Waals surface area contributed by atoms with Gasteiger partial charge in [-0.2, -0.15) is 0 Å². The Labute approximate surface area is 109 Å². The van der Waals surface area contributed by atoms with Crippen LogP contribution in [0.4, 0.5) is 0 Å². The zero-order chi connectivity index (χ0) is 13.1. The van der Waals surface area contributed by atoms with Crippen LogP contribution in [0.15, 0.2) is 0 Å². The topological polar surface area (TPSA) is 29.3 Å². The van der Waals surface area contributed by atoms with E-state index in [2.05, 4.69) is 32.6 Å². The lowest BCUT2D eigenvalue weighted by atomic mass is 10.1. The van der Waals surface area contributed by atoms with Crippen LogP contribution in [0.3, 0.4) is 0 Å². The number of nitrogens with two attached hydrogens (primary N) is 1. The Morgan fingerprint density at radius 3 is 1.71 bits per heavy atom. The summed E-state index contributed by atoms with van der Waals surface area (Å²) in [6.07, 6.45) is 6.44. The molecular weight excluding hydrogens is 208 g/mol. The lowest BCUT2D eigenvalue weighted by Gasteiger charge is -2.24. The summed E-state index contributed by atoms with van der Waals surface area (Å²) < 4.78 is 0. The Balaban J connectivity index is 3.75. The van der Waals surface area contributed by atoms with Crippen LogP contribution >= 0.6 is 0 Å². The van der Waals surface area contributed by atoms with Crippen molar-refractivity contribution in [1.29, 1.82) is 0 Å². The fraction of sp³-hybridized carbons (Fsp3) is 1.00. The van der Waals surface area contributed by atoms with E-state index in [4.69, 9.17) is 5.73 Å². The largest absolute Gasteiger partial charge is 0.330 e. The molecule has 0 aliphatic rings. The highest BCUT2D eigenvalue weighted by Crippen LogP contribution is 2.08. The maximum Gasteiger partial charge on any atom is -0.00163 e. The minimum atomic E-state index is 0.820. The van der Waals surface area contributed by atoms with Gasteiger partial charge in [-0.1, -0.05) is 34.1 Å². The molecule has 0 bridgehead atoms. The predicted octanol–water partition coefficient (Wildman–Crippen LogP) is 3.51. The van der Waals surface area contributed by atoms with Crippen LogP contribution in [0.5, 0.6) is 0 Å². The van der Waals surface area contributed by atoms with Gasteiger partial charge in [0.1, 0.15) is 0 Å². The lowest BCUT2D eigenvalue weighted by Crippen LogP contribution is -2.29. The number of hydrogen-bond donors (Lipinski definition) is 1. The normalized spacial score (nSPS) is 12.0. The summed E-state index contributed by atoms with van der Waals surface area (Å²) in [6, 6.07) is 0. The van der Waals surface area contributed by atoms with Gasteiger partial charge >= 0.3 is 0 Å². The number of nitrogens with zero attached hydrogens (tertiary/aromatic N) is 1. The van der Waals surface area contributed by atoms with E-state index in [1.54, 1.807) is 0 Å². The molecule has 0 saturated carbocycles. The van der Waals surface area contributed by atoms with E-state index in [1.165, 1.54) is 51.7 Å². The zero-order valence-corrected chi connectivity index (χ0v) is 12.5. The van der Waals surface area contributed by atoms with E-state index < -0.39 is 0 Å². The van der Waals surface area contributed by atoms with Crippen molar-refractivity contribution in [3.8, 4) is 0 Å². The summed E-state index contributed by atoms with van der Waals surface area (Å²) >= 11 is 0. The molecule has 0 amide bonds. The summed E-state index contributed by atoms with van der Waals surface area (Å²) in [7, 11) is 0. The first-order valence-electron chi connectivity index (χ1n) is 7.48. The Bertz CT molecular complexity index is 143. The van der Waals surface area contributed by atoms with E-state index in [0.717, 1.165) is 18.4 Å². The Morgan fingerprint density at radius 1 is 0.765 bits per heavy atom. The van der Waals surface area contributed by atoms with Gasteiger partial charge in [0.2, 0.25) is 0 Å². The van der Waals surface area contributed by atoms with Crippen LogP contribution in [-0.4, -0.2) is 31.1 Å². The van der Waals surface area contributed by atoms with Crippen molar-refractivity contribution < 1.29 is 0 Å². The Kier molecular flexibility index (Phi) is 11.0. The molecule has 2 nitrogen and oxygen atoms in total. The maximum absolute atomic E-state index is 5.53. The predicted molar refractivity (Wildman–Crippen MR) is 78.3 cm³/mol. The lowest BCUT2D eigenvalue weighted by molar-refractivity contribution is 0.238. The number of unbranched alkanes of at least 4 members (excludes halogenated alkanes) is 2. The second-order valence-corrected chi connectivity index (χ2v) is 6.06. The standard InChI is InChI=1S/C15H34N2/c1-14(2)8-12-17(13-9-15(3)4)11-7-5-6-10-16/h14-15H,5-13,16H2,1-4H3. The average molecular weight is 242 g/mol. The van der Waals surface area contributed by atoms with Crippen molar-refractivity contribution in [2.75, 3.05) is 26.2 Å². The molecule has 0 aromatic rings. The molecule has 2 N–H and O–H groups in total. The molecule has 0 saturated heterocycles. The summed E-state index contributed by atoms with van der Waals surface area (Å²) in [5.74, 6) is 1.64. The molecule has 0 aromatic heterocycles. The molecule has 0 aromatic carbocycles. The maximum atomic E-state index is 5.53. The highest BCUT2D eigenvalue weighted by molar-refractivity contribution is 4.61. The van der Waals surface area contributed by atoms with E-state index in [1.807, 2.05) is 0 Å². The third-order valence-electron chi connectivity index (χ3n) is 3.22. The van der Waals surface area contributed by atoms with Crippen LogP contribution in [-0.2, 0) is 0 Å². The molecule has 0 fully saturated rings. The van der Waals surface area contributed by atoms with Gasteiger partial charge in [0, 0.05) is 0 Å². The monoisotopic (exact) mass is 242 g/mol. The van der Waals surface area contributed by atoms with Gasteiger partial charge in [0.05, 0.1) is 0 Å². The zero-order valence-electron chi connectivity index (χ0n) is 12.5. The van der Waals surface area contributed by atoms with Crippen LogP contribution in [0.2, 0.25) is 0 Å². The van der Waals surface area contributed by atoms with Crippen molar-refractivity contribution in [2.45, 2.75) is 59.8 Å². The molecule has 0 heterocycles. The van der Waals surface area contributed by atoms with E-state index in [-0.39, 0.29) is 0 Å². The minimum absolute atomic E-state index is 0.820. The van der Waals surface area contributed by atoms with Crippen LogP contribution < -0.4 is 5.73 Å². The highest BCUT2D eigenvalue weighted by atomic mass is 15.1. The van der Waals surface area contributed by atoms with Crippen molar-refractivity contribution in [1.82, 2.24) is 4.90 Å². The third kappa shape index (κ3) is 12.2. The quantitative estimate of drug-likeness (QED) is 0.562. The summed E-state index contributed by atoms with van der Waals surface area (Å²) in [6.45, 7) is 13.9. The SMILES string of the molecule is CC(C)CCN(CCCCCN)CCC(C)C. The first kappa shape index (κ1) is 16.9. The van der Waals surface area contributed by atoms with Crippen molar-refractivity contribution >= 4 is 0 Å². The molecule has 104 valence electrons. The first-order valence-corrected chi connectivity index (χ1v) is 7.48. The molecule has 0 aliphatic carbocycles. The third-order valence-corrected chi connectivity index (χ3v) is 3.22. The second kappa shape index (κ2) is 11.0. The van der Waals surface area contributed by atoms with Gasteiger partial charge in [0.15, 0.2) is 0 Å². The highest BCUT2D eigenvalue weighted by Gasteiger charge is 2.06. The average Bonchev–Trinajstić information content (AvgIpc) is 2.26. The molecule has 0 radical (unpaired) electrons. The van der Waals surface area contributed by atoms with Crippen LogP contribution in [0.1, 0.15) is 59.8 Å². The molecule has 0 spiro atoms. The molecule has 2 heteroatoms. The summed E-state index contributed by atoms with van der Waals surface area (Å²) in [5.41, 5.74) is 5.53. The summed E-state index contributed by atoms with van der Waals surface area (Å²) in [5, 5.41) is 0. The van der Waals surface area contributed by atoms with Gasteiger partial charge in [-0.3, -0.25) is 0 Å². The fourth-order valence-corrected chi connectivity index (χ4v) is 1.87. The van der Waals surface area contributed by atoms with E-state index in [0.29, 0.717) is 0 Å². The molecule has 17 heavy (non-hydrogen) atoms. The number of rotatable bonds is 11.